The van der Waals surface area contributed by atoms with Gasteiger partial charge in [-0.1, -0.05) is 5.16 Å². The summed E-state index contributed by atoms with van der Waals surface area (Å²) in [5.41, 5.74) is 5.43. The van der Waals surface area contributed by atoms with Crippen molar-refractivity contribution in [2.75, 3.05) is 25.4 Å². The number of rotatable bonds is 3. The van der Waals surface area contributed by atoms with E-state index in [1.54, 1.807) is 0 Å². The molecule has 4 nitrogen and oxygen atoms in total. The van der Waals surface area contributed by atoms with Crippen molar-refractivity contribution < 1.29 is 5.21 Å². The first-order valence-corrected chi connectivity index (χ1v) is 5.85. The Kier molecular flexibility index (Phi) is 4.07. The Labute approximate surface area is 89.5 Å². The Hall–Kier alpha value is -0.420. The van der Waals surface area contributed by atoms with Gasteiger partial charge in [-0.15, -0.1) is 0 Å². The summed E-state index contributed by atoms with van der Waals surface area (Å²) in [5, 5.41) is 11.4. The summed E-state index contributed by atoms with van der Waals surface area (Å²) in [6.45, 7) is 7.59. The first-order valence-electron chi connectivity index (χ1n) is 4.86. The van der Waals surface area contributed by atoms with Gasteiger partial charge in [0.25, 0.3) is 0 Å². The number of oxime groups is 1. The van der Waals surface area contributed by atoms with Crippen LogP contribution in [0, 0.1) is 0 Å². The Morgan fingerprint density at radius 2 is 2.36 bits per heavy atom. The fraction of sp³-hybridized carbons (Fsp3) is 0.889. The molecule has 1 aliphatic heterocycles. The summed E-state index contributed by atoms with van der Waals surface area (Å²) in [4.78, 5) is 2.37. The van der Waals surface area contributed by atoms with Gasteiger partial charge in [0.05, 0.1) is 0 Å². The second kappa shape index (κ2) is 4.89. The number of hydrogen-bond donors (Lipinski definition) is 2. The standard InChI is InChI=1S/C9H19N3OS/c1-9(2)7-12(5-6-14-9)4-3-8(10)11-13/h13H,3-7H2,1-2H3,(H2,10,11). The maximum Gasteiger partial charge on any atom is 0.140 e. The second-order valence-corrected chi connectivity index (χ2v) is 6.03. The van der Waals surface area contributed by atoms with Gasteiger partial charge in [-0.3, -0.25) is 0 Å². The highest BCUT2D eigenvalue weighted by Gasteiger charge is 2.26. The lowest BCUT2D eigenvalue weighted by atomic mass is 10.2. The fourth-order valence-corrected chi connectivity index (χ4v) is 2.80. The average molecular weight is 217 g/mol. The molecule has 0 atom stereocenters. The van der Waals surface area contributed by atoms with Crippen molar-refractivity contribution in [2.24, 2.45) is 10.9 Å². The molecule has 0 aromatic carbocycles. The van der Waals surface area contributed by atoms with E-state index in [1.165, 1.54) is 5.75 Å². The zero-order chi connectivity index (χ0) is 10.6. The van der Waals surface area contributed by atoms with E-state index < -0.39 is 0 Å². The van der Waals surface area contributed by atoms with Crippen LogP contribution in [-0.4, -0.2) is 46.1 Å². The Morgan fingerprint density at radius 3 is 2.93 bits per heavy atom. The highest BCUT2D eigenvalue weighted by atomic mass is 32.2. The van der Waals surface area contributed by atoms with Crippen LogP contribution in [0.25, 0.3) is 0 Å². The molecule has 14 heavy (non-hydrogen) atoms. The van der Waals surface area contributed by atoms with Gasteiger partial charge in [-0.25, -0.2) is 0 Å². The molecular weight excluding hydrogens is 198 g/mol. The molecule has 1 aliphatic rings. The van der Waals surface area contributed by atoms with E-state index >= 15 is 0 Å². The van der Waals surface area contributed by atoms with Crippen LogP contribution in [0.3, 0.4) is 0 Å². The number of thioether (sulfide) groups is 1. The summed E-state index contributed by atoms with van der Waals surface area (Å²) in [6.07, 6.45) is 0.650. The Bertz CT molecular complexity index is 218. The highest BCUT2D eigenvalue weighted by Crippen LogP contribution is 2.29. The zero-order valence-corrected chi connectivity index (χ0v) is 9.68. The molecule has 0 bridgehead atoms. The summed E-state index contributed by atoms with van der Waals surface area (Å²) >= 11 is 2.01. The van der Waals surface area contributed by atoms with Crippen molar-refractivity contribution in [3.05, 3.63) is 0 Å². The van der Waals surface area contributed by atoms with Gasteiger partial charge in [0, 0.05) is 36.6 Å². The van der Waals surface area contributed by atoms with Crippen molar-refractivity contribution >= 4 is 17.6 Å². The molecule has 0 radical (unpaired) electrons. The van der Waals surface area contributed by atoms with E-state index in [4.69, 9.17) is 10.9 Å². The van der Waals surface area contributed by atoms with Gasteiger partial charge in [0.15, 0.2) is 0 Å². The molecule has 0 saturated carbocycles. The molecule has 3 N–H and O–H groups in total. The van der Waals surface area contributed by atoms with Crippen molar-refractivity contribution in [3.63, 3.8) is 0 Å². The molecule has 0 aliphatic carbocycles. The molecule has 0 aromatic rings. The van der Waals surface area contributed by atoms with Crippen molar-refractivity contribution in [1.29, 1.82) is 0 Å². The topological polar surface area (TPSA) is 61.8 Å². The molecule has 5 heteroatoms. The van der Waals surface area contributed by atoms with E-state index in [0.29, 0.717) is 17.0 Å². The van der Waals surface area contributed by atoms with Crippen LogP contribution < -0.4 is 5.73 Å². The van der Waals surface area contributed by atoms with E-state index in [2.05, 4.69) is 23.9 Å². The zero-order valence-electron chi connectivity index (χ0n) is 8.86. The van der Waals surface area contributed by atoms with Gasteiger partial charge in [-0.2, -0.15) is 11.8 Å². The van der Waals surface area contributed by atoms with Crippen LogP contribution in [-0.2, 0) is 0 Å². The van der Waals surface area contributed by atoms with Crippen molar-refractivity contribution in [2.45, 2.75) is 25.0 Å². The SMILES string of the molecule is CC1(C)CN(CCC(N)=NO)CCS1. The quantitative estimate of drug-likeness (QED) is 0.320. The van der Waals surface area contributed by atoms with Gasteiger partial charge in [-0.05, 0) is 13.8 Å². The smallest absolute Gasteiger partial charge is 0.140 e. The number of nitrogens with two attached hydrogens (primary N) is 1. The molecule has 0 aromatic heterocycles. The molecule has 1 heterocycles. The minimum Gasteiger partial charge on any atom is -0.409 e. The van der Waals surface area contributed by atoms with Crippen LogP contribution in [0.1, 0.15) is 20.3 Å². The van der Waals surface area contributed by atoms with Gasteiger partial charge >= 0.3 is 0 Å². The van der Waals surface area contributed by atoms with E-state index in [9.17, 15) is 0 Å². The number of nitrogens with zero attached hydrogens (tertiary/aromatic N) is 2. The first kappa shape index (κ1) is 11.7. The van der Waals surface area contributed by atoms with Crippen molar-refractivity contribution in [3.8, 4) is 0 Å². The van der Waals surface area contributed by atoms with Crippen LogP contribution in [0.15, 0.2) is 5.16 Å². The van der Waals surface area contributed by atoms with Crippen LogP contribution in [0.5, 0.6) is 0 Å². The predicted octanol–water partition coefficient (Wildman–Crippen LogP) is 0.950. The lowest BCUT2D eigenvalue weighted by Crippen LogP contribution is -2.44. The van der Waals surface area contributed by atoms with Gasteiger partial charge in [0.2, 0.25) is 0 Å². The summed E-state index contributed by atoms with van der Waals surface area (Å²) in [6, 6.07) is 0. The fourth-order valence-electron chi connectivity index (χ4n) is 1.63. The predicted molar refractivity (Wildman–Crippen MR) is 61.0 cm³/mol. The van der Waals surface area contributed by atoms with E-state index in [0.717, 1.165) is 19.6 Å². The Balaban J connectivity index is 2.31. The summed E-state index contributed by atoms with van der Waals surface area (Å²) < 4.78 is 0.337. The third kappa shape index (κ3) is 3.75. The second-order valence-electron chi connectivity index (χ2n) is 4.23. The van der Waals surface area contributed by atoms with Gasteiger partial charge < -0.3 is 15.8 Å². The number of amidine groups is 1. The normalized spacial score (nSPS) is 23.7. The summed E-state index contributed by atoms with van der Waals surface area (Å²) in [7, 11) is 0. The molecule has 0 amide bonds. The van der Waals surface area contributed by atoms with E-state index in [-0.39, 0.29) is 0 Å². The monoisotopic (exact) mass is 217 g/mol. The third-order valence-electron chi connectivity index (χ3n) is 2.32. The molecular formula is C9H19N3OS. The highest BCUT2D eigenvalue weighted by molar-refractivity contribution is 8.00. The van der Waals surface area contributed by atoms with Crippen LogP contribution in [0.2, 0.25) is 0 Å². The van der Waals surface area contributed by atoms with Crippen molar-refractivity contribution in [1.82, 2.24) is 4.90 Å². The molecule has 0 unspecified atom stereocenters. The molecule has 1 fully saturated rings. The maximum absolute atomic E-state index is 8.41. The van der Waals surface area contributed by atoms with Gasteiger partial charge in [0.1, 0.15) is 5.84 Å². The lowest BCUT2D eigenvalue weighted by molar-refractivity contribution is 0.265. The summed E-state index contributed by atoms with van der Waals surface area (Å²) in [5.74, 6) is 1.49. The number of hydrogen-bond acceptors (Lipinski definition) is 4. The largest absolute Gasteiger partial charge is 0.409 e. The first-order chi connectivity index (χ1) is 6.53. The molecule has 1 saturated heterocycles. The third-order valence-corrected chi connectivity index (χ3v) is 3.61. The Morgan fingerprint density at radius 1 is 1.64 bits per heavy atom. The minimum absolute atomic E-state index is 0.320. The van der Waals surface area contributed by atoms with E-state index in [1.807, 2.05) is 11.8 Å². The molecule has 82 valence electrons. The minimum atomic E-state index is 0.320. The maximum atomic E-state index is 8.41. The van der Waals surface area contributed by atoms with Crippen LogP contribution in [0.4, 0.5) is 0 Å². The molecule has 0 spiro atoms. The molecule has 1 rings (SSSR count). The average Bonchev–Trinajstić information content (AvgIpc) is 2.12. The van der Waals surface area contributed by atoms with Crippen LogP contribution >= 0.6 is 11.8 Å². The lowest BCUT2D eigenvalue weighted by Gasteiger charge is -2.37.